The molecule has 2 heterocycles. The molecule has 2 aliphatic heterocycles. The van der Waals surface area contributed by atoms with Crippen LogP contribution in [-0.4, -0.2) is 24.8 Å². The molecule has 1 aromatic carbocycles. The van der Waals surface area contributed by atoms with Gasteiger partial charge in [-0.2, -0.15) is 5.26 Å². The lowest BCUT2D eigenvalue weighted by molar-refractivity contribution is 0.173. The zero-order chi connectivity index (χ0) is 12.5. The van der Waals surface area contributed by atoms with Crippen LogP contribution >= 0.6 is 15.9 Å². The molecule has 0 radical (unpaired) electrons. The van der Waals surface area contributed by atoms with E-state index in [1.807, 2.05) is 12.1 Å². The first-order valence-electron chi connectivity index (χ1n) is 6.02. The third-order valence-electron chi connectivity index (χ3n) is 3.39. The third kappa shape index (κ3) is 1.96. The van der Waals surface area contributed by atoms with Gasteiger partial charge in [-0.25, -0.2) is 0 Å². The number of hydrogen-bond acceptors (Lipinski definition) is 4. The van der Waals surface area contributed by atoms with Crippen molar-refractivity contribution in [2.75, 3.05) is 19.9 Å². The molecule has 0 N–H and O–H groups in total. The summed E-state index contributed by atoms with van der Waals surface area (Å²) >= 11 is 3.47. The molecule has 2 aliphatic rings. The second-order valence-corrected chi connectivity index (χ2v) is 5.37. The minimum Gasteiger partial charge on any atom is -0.454 e. The largest absolute Gasteiger partial charge is 0.454 e. The minimum absolute atomic E-state index is 0.196. The fourth-order valence-corrected chi connectivity index (χ4v) is 3.09. The molecule has 1 atom stereocenters. The van der Waals surface area contributed by atoms with Crippen molar-refractivity contribution >= 4 is 15.9 Å². The second kappa shape index (κ2) is 4.79. The predicted octanol–water partition coefficient (Wildman–Crippen LogP) is 2.84. The summed E-state index contributed by atoms with van der Waals surface area (Å²) in [6, 6.07) is 6.07. The zero-order valence-corrected chi connectivity index (χ0v) is 11.4. The lowest BCUT2D eigenvalue weighted by Crippen LogP contribution is -2.24. The maximum absolute atomic E-state index is 9.40. The van der Waals surface area contributed by atoms with Gasteiger partial charge in [0.2, 0.25) is 6.79 Å². The average Bonchev–Trinajstić information content (AvgIpc) is 3.00. The maximum atomic E-state index is 9.40. The van der Waals surface area contributed by atoms with E-state index in [1.165, 1.54) is 12.8 Å². The quantitative estimate of drug-likeness (QED) is 0.843. The fraction of sp³-hybridized carbons (Fsp3) is 0.462. The first-order chi connectivity index (χ1) is 8.79. The van der Waals surface area contributed by atoms with Gasteiger partial charge in [0, 0.05) is 0 Å². The van der Waals surface area contributed by atoms with Gasteiger partial charge in [-0.1, -0.05) is 0 Å². The Morgan fingerprint density at radius 3 is 2.78 bits per heavy atom. The highest BCUT2D eigenvalue weighted by atomic mass is 79.9. The Morgan fingerprint density at radius 2 is 2.06 bits per heavy atom. The van der Waals surface area contributed by atoms with Crippen LogP contribution in [0.1, 0.15) is 24.4 Å². The van der Waals surface area contributed by atoms with Gasteiger partial charge in [0.25, 0.3) is 0 Å². The molecule has 1 fully saturated rings. The van der Waals surface area contributed by atoms with Crippen molar-refractivity contribution in [2.45, 2.75) is 18.9 Å². The number of hydrogen-bond donors (Lipinski definition) is 0. The van der Waals surface area contributed by atoms with E-state index in [1.54, 1.807) is 0 Å². The van der Waals surface area contributed by atoms with Gasteiger partial charge in [-0.15, -0.1) is 0 Å². The zero-order valence-electron chi connectivity index (χ0n) is 9.86. The number of likely N-dealkylation sites (tertiary alicyclic amines) is 1. The van der Waals surface area contributed by atoms with Crippen LogP contribution in [0.3, 0.4) is 0 Å². The molecular formula is C13H13BrN2O2. The molecule has 94 valence electrons. The SMILES string of the molecule is N#CC(c1cc(Br)c2c(c1)OCO2)N1CCCC1. The summed E-state index contributed by atoms with van der Waals surface area (Å²) in [4.78, 5) is 2.21. The smallest absolute Gasteiger partial charge is 0.231 e. The molecule has 4 nitrogen and oxygen atoms in total. The van der Waals surface area contributed by atoms with E-state index in [0.717, 1.165) is 34.6 Å². The molecule has 0 aromatic heterocycles. The molecule has 0 bridgehead atoms. The lowest BCUT2D eigenvalue weighted by atomic mass is 10.1. The summed E-state index contributed by atoms with van der Waals surface area (Å²) < 4.78 is 11.6. The van der Waals surface area contributed by atoms with Crippen LogP contribution in [0.4, 0.5) is 0 Å². The Balaban J connectivity index is 1.95. The van der Waals surface area contributed by atoms with Crippen molar-refractivity contribution in [3.8, 4) is 17.6 Å². The molecule has 1 aromatic rings. The van der Waals surface area contributed by atoms with E-state index in [0.29, 0.717) is 0 Å². The number of fused-ring (bicyclic) bond motifs is 1. The van der Waals surface area contributed by atoms with Gasteiger partial charge in [0.15, 0.2) is 11.5 Å². The maximum Gasteiger partial charge on any atom is 0.231 e. The summed E-state index contributed by atoms with van der Waals surface area (Å²) in [5, 5.41) is 9.40. The summed E-state index contributed by atoms with van der Waals surface area (Å²) in [6.07, 6.45) is 2.34. The van der Waals surface area contributed by atoms with Gasteiger partial charge in [-0.3, -0.25) is 4.90 Å². The van der Waals surface area contributed by atoms with Crippen molar-refractivity contribution < 1.29 is 9.47 Å². The molecular weight excluding hydrogens is 296 g/mol. The molecule has 3 rings (SSSR count). The summed E-state index contributed by atoms with van der Waals surface area (Å²) in [6.45, 7) is 2.23. The summed E-state index contributed by atoms with van der Waals surface area (Å²) in [5.74, 6) is 1.45. The number of benzene rings is 1. The van der Waals surface area contributed by atoms with E-state index < -0.39 is 0 Å². The van der Waals surface area contributed by atoms with Crippen LogP contribution in [0.25, 0.3) is 0 Å². The highest BCUT2D eigenvalue weighted by molar-refractivity contribution is 9.10. The third-order valence-corrected chi connectivity index (χ3v) is 3.98. The summed E-state index contributed by atoms with van der Waals surface area (Å²) in [7, 11) is 0. The van der Waals surface area contributed by atoms with Crippen molar-refractivity contribution in [1.82, 2.24) is 4.90 Å². The van der Waals surface area contributed by atoms with Gasteiger partial charge < -0.3 is 9.47 Å². The van der Waals surface area contributed by atoms with E-state index in [4.69, 9.17) is 9.47 Å². The van der Waals surface area contributed by atoms with Gasteiger partial charge >= 0.3 is 0 Å². The monoisotopic (exact) mass is 308 g/mol. The van der Waals surface area contributed by atoms with E-state index in [9.17, 15) is 5.26 Å². The van der Waals surface area contributed by atoms with Crippen molar-refractivity contribution in [3.63, 3.8) is 0 Å². The number of rotatable bonds is 2. The van der Waals surface area contributed by atoms with E-state index >= 15 is 0 Å². The van der Waals surface area contributed by atoms with Crippen LogP contribution < -0.4 is 9.47 Å². The highest BCUT2D eigenvalue weighted by Crippen LogP contribution is 2.42. The van der Waals surface area contributed by atoms with Crippen molar-refractivity contribution in [3.05, 3.63) is 22.2 Å². The molecule has 5 heteroatoms. The Hall–Kier alpha value is -1.25. The molecule has 1 unspecified atom stereocenters. The van der Waals surface area contributed by atoms with E-state index in [2.05, 4.69) is 26.9 Å². The van der Waals surface area contributed by atoms with Crippen LogP contribution in [0, 0.1) is 11.3 Å². The van der Waals surface area contributed by atoms with Crippen LogP contribution in [-0.2, 0) is 0 Å². The van der Waals surface area contributed by atoms with Crippen molar-refractivity contribution in [1.29, 1.82) is 5.26 Å². The van der Waals surface area contributed by atoms with Gasteiger partial charge in [0.05, 0.1) is 10.5 Å². The Kier molecular flexibility index (Phi) is 3.14. The number of nitrogens with zero attached hydrogens (tertiary/aromatic N) is 2. The molecule has 1 saturated heterocycles. The Labute approximate surface area is 114 Å². The van der Waals surface area contributed by atoms with E-state index in [-0.39, 0.29) is 12.8 Å². The first kappa shape index (κ1) is 11.8. The molecule has 0 amide bonds. The number of ether oxygens (including phenoxy) is 2. The molecule has 18 heavy (non-hydrogen) atoms. The first-order valence-corrected chi connectivity index (χ1v) is 6.81. The van der Waals surface area contributed by atoms with Crippen molar-refractivity contribution in [2.24, 2.45) is 0 Å². The second-order valence-electron chi connectivity index (χ2n) is 4.51. The topological polar surface area (TPSA) is 45.5 Å². The van der Waals surface area contributed by atoms with Crippen LogP contribution in [0.15, 0.2) is 16.6 Å². The molecule has 0 aliphatic carbocycles. The lowest BCUT2D eigenvalue weighted by Gasteiger charge is -2.21. The van der Waals surface area contributed by atoms with Gasteiger partial charge in [0.1, 0.15) is 6.04 Å². The molecule has 0 spiro atoms. The fourth-order valence-electron chi connectivity index (χ4n) is 2.51. The standard InChI is InChI=1S/C13H13BrN2O2/c14-10-5-9(6-12-13(10)18-8-17-12)11(7-15)16-3-1-2-4-16/h5-6,11H,1-4,8H2. The van der Waals surface area contributed by atoms with Crippen LogP contribution in [0.5, 0.6) is 11.5 Å². The Bertz CT molecular complexity index is 506. The minimum atomic E-state index is -0.196. The predicted molar refractivity (Wildman–Crippen MR) is 69.4 cm³/mol. The number of halogens is 1. The highest BCUT2D eigenvalue weighted by Gasteiger charge is 2.26. The van der Waals surface area contributed by atoms with Gasteiger partial charge in [-0.05, 0) is 59.6 Å². The molecule has 0 saturated carbocycles. The summed E-state index contributed by atoms with van der Waals surface area (Å²) in [5.41, 5.74) is 0.968. The normalized spacial score (nSPS) is 19.8. The van der Waals surface area contributed by atoms with Crippen LogP contribution in [0.2, 0.25) is 0 Å². The number of nitriles is 1. The Morgan fingerprint density at radius 1 is 1.28 bits per heavy atom. The average molecular weight is 309 g/mol.